The van der Waals surface area contributed by atoms with E-state index in [0.717, 1.165) is 0 Å². The minimum atomic E-state index is -0.485. The first-order valence-electron chi connectivity index (χ1n) is 5.55. The second kappa shape index (κ2) is 5.98. The number of aromatic nitrogens is 1. The number of ether oxygens (including phenoxy) is 1. The number of halogens is 2. The maximum atomic E-state index is 12.2. The van der Waals surface area contributed by atoms with Crippen molar-refractivity contribution in [1.82, 2.24) is 4.98 Å². The minimum Gasteiger partial charge on any atom is -0.494 e. The van der Waals surface area contributed by atoms with Crippen molar-refractivity contribution in [2.45, 2.75) is 0 Å². The van der Waals surface area contributed by atoms with Crippen molar-refractivity contribution >= 4 is 34.8 Å². The van der Waals surface area contributed by atoms with Crippen molar-refractivity contribution in [3.63, 3.8) is 0 Å². The molecule has 1 heterocycles. The average molecular weight is 313 g/mol. The van der Waals surface area contributed by atoms with E-state index in [1.54, 1.807) is 6.07 Å². The highest BCUT2D eigenvalue weighted by Gasteiger charge is 2.19. The Morgan fingerprint density at radius 2 is 1.90 bits per heavy atom. The van der Waals surface area contributed by atoms with Crippen molar-refractivity contribution in [3.05, 3.63) is 56.4 Å². The van der Waals surface area contributed by atoms with E-state index in [1.807, 2.05) is 0 Å². The standard InChI is InChI=1S/C13H10Cl2N2O3/c1-20-12-9(15)4-3-8(14)11(12)13(19)17-7-2-5-10(18)16-6-7/h2-6H,1H3,(H,16,18)(H,17,19). The van der Waals surface area contributed by atoms with Gasteiger partial charge in [0.25, 0.3) is 5.91 Å². The van der Waals surface area contributed by atoms with Gasteiger partial charge in [-0.25, -0.2) is 0 Å². The zero-order valence-electron chi connectivity index (χ0n) is 10.4. The predicted molar refractivity (Wildman–Crippen MR) is 78.0 cm³/mol. The molecule has 0 saturated carbocycles. The van der Waals surface area contributed by atoms with E-state index in [9.17, 15) is 9.59 Å². The van der Waals surface area contributed by atoms with Crippen LogP contribution in [0.2, 0.25) is 10.0 Å². The smallest absolute Gasteiger partial charge is 0.261 e. The molecular formula is C13H10Cl2N2O3. The molecule has 0 fully saturated rings. The zero-order chi connectivity index (χ0) is 14.7. The van der Waals surface area contributed by atoms with Crippen LogP contribution in [0.25, 0.3) is 0 Å². The van der Waals surface area contributed by atoms with E-state index in [2.05, 4.69) is 10.3 Å². The third-order valence-electron chi connectivity index (χ3n) is 2.53. The quantitative estimate of drug-likeness (QED) is 0.915. The predicted octanol–water partition coefficient (Wildman–Crippen LogP) is 2.94. The molecule has 0 bridgehead atoms. The Balaban J connectivity index is 2.36. The normalized spacial score (nSPS) is 10.2. The van der Waals surface area contributed by atoms with Crippen molar-refractivity contribution in [1.29, 1.82) is 0 Å². The number of anilines is 1. The number of carbonyl (C=O) groups is 1. The van der Waals surface area contributed by atoms with Crippen LogP contribution < -0.4 is 15.6 Å². The van der Waals surface area contributed by atoms with Gasteiger partial charge in [0.15, 0.2) is 5.75 Å². The number of carbonyl (C=O) groups excluding carboxylic acids is 1. The molecule has 104 valence electrons. The minimum absolute atomic E-state index is 0.132. The topological polar surface area (TPSA) is 71.2 Å². The number of amides is 1. The zero-order valence-corrected chi connectivity index (χ0v) is 11.9. The van der Waals surface area contributed by atoms with Crippen LogP contribution in [0.5, 0.6) is 5.75 Å². The summed E-state index contributed by atoms with van der Waals surface area (Å²) in [5.41, 5.74) is 0.293. The Hall–Kier alpha value is -1.98. The molecule has 0 saturated heterocycles. The molecular weight excluding hydrogens is 303 g/mol. The lowest BCUT2D eigenvalue weighted by Crippen LogP contribution is -2.15. The van der Waals surface area contributed by atoms with Crippen molar-refractivity contribution in [2.75, 3.05) is 12.4 Å². The van der Waals surface area contributed by atoms with Gasteiger partial charge in [-0.1, -0.05) is 23.2 Å². The summed E-state index contributed by atoms with van der Waals surface area (Å²) < 4.78 is 5.10. The van der Waals surface area contributed by atoms with E-state index in [1.165, 1.54) is 31.5 Å². The Morgan fingerprint density at radius 3 is 2.50 bits per heavy atom. The first-order chi connectivity index (χ1) is 9.52. The Morgan fingerprint density at radius 1 is 1.20 bits per heavy atom. The van der Waals surface area contributed by atoms with Crippen LogP contribution in [0.3, 0.4) is 0 Å². The van der Waals surface area contributed by atoms with Gasteiger partial charge in [-0.3, -0.25) is 9.59 Å². The third kappa shape index (κ3) is 2.95. The van der Waals surface area contributed by atoms with Gasteiger partial charge in [0.1, 0.15) is 5.56 Å². The second-order valence-corrected chi connectivity index (χ2v) is 4.65. The number of methoxy groups -OCH3 is 1. The lowest BCUT2D eigenvalue weighted by molar-refractivity contribution is 0.102. The molecule has 20 heavy (non-hydrogen) atoms. The fourth-order valence-corrected chi connectivity index (χ4v) is 2.10. The van der Waals surface area contributed by atoms with Gasteiger partial charge >= 0.3 is 0 Å². The number of rotatable bonds is 3. The summed E-state index contributed by atoms with van der Waals surface area (Å²) in [5.74, 6) is -0.289. The number of pyridine rings is 1. The summed E-state index contributed by atoms with van der Waals surface area (Å²) in [6.45, 7) is 0. The Kier molecular flexibility index (Phi) is 4.32. The number of hydrogen-bond donors (Lipinski definition) is 2. The molecule has 1 aromatic heterocycles. The van der Waals surface area contributed by atoms with Crippen LogP contribution in [0.4, 0.5) is 5.69 Å². The molecule has 0 aliphatic heterocycles. The van der Waals surface area contributed by atoms with Gasteiger partial charge < -0.3 is 15.0 Å². The molecule has 7 heteroatoms. The van der Waals surface area contributed by atoms with Gasteiger partial charge in [0.05, 0.1) is 22.8 Å². The Bertz CT molecular complexity index is 693. The highest BCUT2D eigenvalue weighted by atomic mass is 35.5. The van der Waals surface area contributed by atoms with E-state index in [0.29, 0.717) is 5.69 Å². The van der Waals surface area contributed by atoms with E-state index in [-0.39, 0.29) is 26.9 Å². The summed E-state index contributed by atoms with van der Waals surface area (Å²) in [4.78, 5) is 25.6. The van der Waals surface area contributed by atoms with Gasteiger partial charge in [-0.15, -0.1) is 0 Å². The third-order valence-corrected chi connectivity index (χ3v) is 3.14. The number of hydrogen-bond acceptors (Lipinski definition) is 3. The molecule has 0 atom stereocenters. The van der Waals surface area contributed by atoms with Crippen molar-refractivity contribution in [3.8, 4) is 5.75 Å². The molecule has 5 nitrogen and oxygen atoms in total. The largest absolute Gasteiger partial charge is 0.494 e. The summed E-state index contributed by atoms with van der Waals surface area (Å²) in [6, 6.07) is 5.82. The van der Waals surface area contributed by atoms with Crippen LogP contribution in [-0.2, 0) is 0 Å². The van der Waals surface area contributed by atoms with Crippen LogP contribution >= 0.6 is 23.2 Å². The number of nitrogens with one attached hydrogen (secondary N) is 2. The first-order valence-corrected chi connectivity index (χ1v) is 6.30. The Labute approximate surface area is 124 Å². The van der Waals surface area contributed by atoms with Crippen LogP contribution in [0.1, 0.15) is 10.4 Å². The van der Waals surface area contributed by atoms with Gasteiger partial charge in [-0.05, 0) is 18.2 Å². The highest BCUT2D eigenvalue weighted by molar-refractivity contribution is 6.37. The first kappa shape index (κ1) is 14.4. The highest BCUT2D eigenvalue weighted by Crippen LogP contribution is 2.34. The summed E-state index contributed by atoms with van der Waals surface area (Å²) >= 11 is 12.0. The maximum absolute atomic E-state index is 12.2. The number of aromatic amines is 1. The molecule has 0 spiro atoms. The van der Waals surface area contributed by atoms with Crippen LogP contribution in [-0.4, -0.2) is 18.0 Å². The number of benzene rings is 1. The average Bonchev–Trinajstić information content (AvgIpc) is 2.43. The summed E-state index contributed by atoms with van der Waals surface area (Å²) in [5, 5.41) is 3.09. The molecule has 0 aliphatic carbocycles. The number of H-pyrrole nitrogens is 1. The molecule has 1 amide bonds. The lowest BCUT2D eigenvalue weighted by atomic mass is 10.2. The molecule has 2 rings (SSSR count). The monoisotopic (exact) mass is 312 g/mol. The summed E-state index contributed by atoms with van der Waals surface area (Å²) in [6.07, 6.45) is 1.38. The summed E-state index contributed by atoms with van der Waals surface area (Å²) in [7, 11) is 1.40. The molecule has 2 N–H and O–H groups in total. The fourth-order valence-electron chi connectivity index (χ4n) is 1.63. The molecule has 0 radical (unpaired) electrons. The molecule has 0 unspecified atom stereocenters. The molecule has 0 aliphatic rings. The second-order valence-electron chi connectivity index (χ2n) is 3.83. The van der Waals surface area contributed by atoms with Crippen molar-refractivity contribution in [2.24, 2.45) is 0 Å². The lowest BCUT2D eigenvalue weighted by Gasteiger charge is -2.12. The van der Waals surface area contributed by atoms with Crippen molar-refractivity contribution < 1.29 is 9.53 Å². The van der Waals surface area contributed by atoms with Gasteiger partial charge in [-0.2, -0.15) is 0 Å². The van der Waals surface area contributed by atoms with E-state index >= 15 is 0 Å². The van der Waals surface area contributed by atoms with E-state index < -0.39 is 5.91 Å². The van der Waals surface area contributed by atoms with Gasteiger partial charge in [0.2, 0.25) is 5.56 Å². The SMILES string of the molecule is COc1c(Cl)ccc(Cl)c1C(=O)Nc1ccc(=O)[nH]c1. The van der Waals surface area contributed by atoms with E-state index in [4.69, 9.17) is 27.9 Å². The van der Waals surface area contributed by atoms with Crippen LogP contribution in [0.15, 0.2) is 35.3 Å². The van der Waals surface area contributed by atoms with Crippen LogP contribution in [0, 0.1) is 0 Å². The fraction of sp³-hybridized carbons (Fsp3) is 0.0769. The molecule has 1 aromatic carbocycles. The van der Waals surface area contributed by atoms with Gasteiger partial charge in [0, 0.05) is 12.3 Å². The maximum Gasteiger partial charge on any atom is 0.261 e. The molecule has 2 aromatic rings.